The number of fused-ring (bicyclic) bond motifs is 6. The van der Waals surface area contributed by atoms with Crippen molar-refractivity contribution in [3.8, 4) is 16.8 Å². The van der Waals surface area contributed by atoms with E-state index in [2.05, 4.69) is 161 Å². The Morgan fingerprint density at radius 1 is 0.511 bits per heavy atom. The normalized spacial score (nSPS) is 11.6. The molecular formula is C41H27N3S. The maximum atomic E-state index is 4.86. The SMILES string of the molecule is c1ccc(-c2ccc(N(c3ccc4c(c3)c3ccccc3n4-c3ccccc3)c3cccc4sc5cccnc5c34)cc2)cc1. The molecule has 0 unspecified atom stereocenters. The Bertz CT molecular complexity index is 2480. The average Bonchev–Trinajstić information content (AvgIpc) is 3.66. The zero-order valence-corrected chi connectivity index (χ0v) is 25.2. The van der Waals surface area contributed by atoms with Gasteiger partial charge in [-0.15, -0.1) is 11.3 Å². The predicted molar refractivity (Wildman–Crippen MR) is 192 cm³/mol. The number of aromatic nitrogens is 2. The first kappa shape index (κ1) is 25.8. The zero-order valence-electron chi connectivity index (χ0n) is 24.3. The van der Waals surface area contributed by atoms with Crippen LogP contribution in [0.1, 0.15) is 0 Å². The molecule has 0 atom stereocenters. The second-order valence-electron chi connectivity index (χ2n) is 11.2. The fourth-order valence-corrected chi connectivity index (χ4v) is 7.71. The molecule has 3 nitrogen and oxygen atoms in total. The molecular weight excluding hydrogens is 567 g/mol. The van der Waals surface area contributed by atoms with Gasteiger partial charge in [0.25, 0.3) is 0 Å². The first-order valence-electron chi connectivity index (χ1n) is 15.1. The Kier molecular flexibility index (Phi) is 6.00. The summed E-state index contributed by atoms with van der Waals surface area (Å²) in [5.41, 5.74) is 10.3. The molecule has 6 aromatic carbocycles. The lowest BCUT2D eigenvalue weighted by Crippen LogP contribution is -2.10. The minimum absolute atomic E-state index is 1.04. The Balaban J connectivity index is 1.30. The minimum Gasteiger partial charge on any atom is -0.310 e. The van der Waals surface area contributed by atoms with Crippen LogP contribution in [0, 0.1) is 0 Å². The summed E-state index contributed by atoms with van der Waals surface area (Å²) in [5, 5.41) is 3.63. The maximum absolute atomic E-state index is 4.86. The van der Waals surface area contributed by atoms with Crippen molar-refractivity contribution in [2.75, 3.05) is 4.90 Å². The number of pyridine rings is 1. The molecule has 0 bridgehead atoms. The first-order valence-corrected chi connectivity index (χ1v) is 16.0. The smallest absolute Gasteiger partial charge is 0.0909 e. The van der Waals surface area contributed by atoms with Crippen molar-refractivity contribution in [3.05, 3.63) is 164 Å². The summed E-state index contributed by atoms with van der Waals surface area (Å²) in [6.45, 7) is 0. The van der Waals surface area contributed by atoms with Crippen molar-refractivity contribution < 1.29 is 0 Å². The van der Waals surface area contributed by atoms with Crippen LogP contribution < -0.4 is 4.90 Å². The highest BCUT2D eigenvalue weighted by Crippen LogP contribution is 2.45. The second kappa shape index (κ2) is 10.5. The molecule has 0 N–H and O–H groups in total. The Labute approximate surface area is 264 Å². The summed E-state index contributed by atoms with van der Waals surface area (Å²) in [6, 6.07) is 56.5. The van der Waals surface area contributed by atoms with Crippen LogP contribution in [-0.4, -0.2) is 9.55 Å². The van der Waals surface area contributed by atoms with Gasteiger partial charge in [0.2, 0.25) is 0 Å². The number of thiophene rings is 1. The topological polar surface area (TPSA) is 21.1 Å². The largest absolute Gasteiger partial charge is 0.310 e. The molecule has 0 aliphatic heterocycles. The fourth-order valence-electron chi connectivity index (χ4n) is 6.62. The van der Waals surface area contributed by atoms with E-state index < -0.39 is 0 Å². The van der Waals surface area contributed by atoms with E-state index in [4.69, 9.17) is 4.98 Å². The molecule has 0 saturated carbocycles. The third-order valence-electron chi connectivity index (χ3n) is 8.63. The third kappa shape index (κ3) is 4.22. The first-order chi connectivity index (χ1) is 22.3. The number of benzene rings is 6. The van der Waals surface area contributed by atoms with Crippen LogP contribution in [0.15, 0.2) is 164 Å². The average molecular weight is 594 g/mol. The van der Waals surface area contributed by atoms with Gasteiger partial charge < -0.3 is 9.47 Å². The van der Waals surface area contributed by atoms with Crippen LogP contribution >= 0.6 is 11.3 Å². The molecule has 45 heavy (non-hydrogen) atoms. The molecule has 4 heteroatoms. The summed E-state index contributed by atoms with van der Waals surface area (Å²) in [4.78, 5) is 7.26. The van der Waals surface area contributed by atoms with Crippen molar-refractivity contribution in [3.63, 3.8) is 0 Å². The number of nitrogens with zero attached hydrogens (tertiary/aromatic N) is 3. The van der Waals surface area contributed by atoms with Crippen molar-refractivity contribution in [2.45, 2.75) is 0 Å². The monoisotopic (exact) mass is 593 g/mol. The van der Waals surface area contributed by atoms with Gasteiger partial charge in [0.05, 0.1) is 26.9 Å². The Morgan fingerprint density at radius 2 is 1.20 bits per heavy atom. The van der Waals surface area contributed by atoms with Crippen LogP contribution in [0.3, 0.4) is 0 Å². The van der Waals surface area contributed by atoms with E-state index in [9.17, 15) is 0 Å². The lowest BCUT2D eigenvalue weighted by molar-refractivity contribution is 1.18. The number of rotatable bonds is 5. The van der Waals surface area contributed by atoms with E-state index in [0.717, 1.165) is 28.3 Å². The fraction of sp³-hybridized carbons (Fsp3) is 0. The summed E-state index contributed by atoms with van der Waals surface area (Å²) in [6.07, 6.45) is 1.90. The van der Waals surface area contributed by atoms with Crippen molar-refractivity contribution in [1.82, 2.24) is 9.55 Å². The predicted octanol–water partition coefficient (Wildman–Crippen LogP) is 11.7. The molecule has 0 aliphatic rings. The maximum Gasteiger partial charge on any atom is 0.0909 e. The molecule has 212 valence electrons. The second-order valence-corrected chi connectivity index (χ2v) is 12.3. The molecule has 0 saturated heterocycles. The van der Waals surface area contributed by atoms with E-state index in [1.807, 2.05) is 12.3 Å². The molecule has 3 aromatic heterocycles. The van der Waals surface area contributed by atoms with Gasteiger partial charge in [0, 0.05) is 44.1 Å². The van der Waals surface area contributed by atoms with Crippen LogP contribution in [0.2, 0.25) is 0 Å². The molecule has 0 spiro atoms. The van der Waals surface area contributed by atoms with Gasteiger partial charge in [-0.1, -0.05) is 84.9 Å². The molecule has 9 aromatic rings. The Morgan fingerprint density at radius 3 is 2.04 bits per heavy atom. The van der Waals surface area contributed by atoms with Gasteiger partial charge in [-0.2, -0.15) is 0 Å². The van der Waals surface area contributed by atoms with Crippen LogP contribution in [0.25, 0.3) is 58.9 Å². The number of anilines is 3. The van der Waals surface area contributed by atoms with Gasteiger partial charge in [-0.3, -0.25) is 4.98 Å². The lowest BCUT2D eigenvalue weighted by Gasteiger charge is -2.27. The molecule has 0 fully saturated rings. The van der Waals surface area contributed by atoms with Crippen LogP contribution in [0.5, 0.6) is 0 Å². The summed E-state index contributed by atoms with van der Waals surface area (Å²) in [7, 11) is 0. The molecule has 0 radical (unpaired) electrons. The van der Waals surface area contributed by atoms with Gasteiger partial charge >= 0.3 is 0 Å². The van der Waals surface area contributed by atoms with Crippen LogP contribution in [0.4, 0.5) is 17.1 Å². The summed E-state index contributed by atoms with van der Waals surface area (Å²) in [5.74, 6) is 0. The van der Waals surface area contributed by atoms with Gasteiger partial charge in [-0.25, -0.2) is 0 Å². The molecule has 0 aliphatic carbocycles. The number of para-hydroxylation sites is 2. The van der Waals surface area contributed by atoms with E-state index in [-0.39, 0.29) is 0 Å². The van der Waals surface area contributed by atoms with Crippen LogP contribution in [-0.2, 0) is 0 Å². The van der Waals surface area contributed by atoms with E-state index in [1.54, 1.807) is 11.3 Å². The highest BCUT2D eigenvalue weighted by atomic mass is 32.1. The molecule has 0 amide bonds. The molecule has 3 heterocycles. The van der Waals surface area contributed by atoms with E-state index in [1.165, 1.54) is 47.7 Å². The minimum atomic E-state index is 1.04. The van der Waals surface area contributed by atoms with Gasteiger partial charge in [0.1, 0.15) is 0 Å². The number of hydrogen-bond acceptors (Lipinski definition) is 3. The highest BCUT2D eigenvalue weighted by Gasteiger charge is 2.21. The molecule has 9 rings (SSSR count). The van der Waals surface area contributed by atoms with Gasteiger partial charge in [0.15, 0.2) is 0 Å². The van der Waals surface area contributed by atoms with Gasteiger partial charge in [-0.05, 0) is 83.9 Å². The third-order valence-corrected chi connectivity index (χ3v) is 9.74. The summed E-state index contributed by atoms with van der Waals surface area (Å²) < 4.78 is 4.79. The van der Waals surface area contributed by atoms with E-state index >= 15 is 0 Å². The highest BCUT2D eigenvalue weighted by molar-refractivity contribution is 7.25. The summed E-state index contributed by atoms with van der Waals surface area (Å²) >= 11 is 1.80. The van der Waals surface area contributed by atoms with Crippen molar-refractivity contribution in [1.29, 1.82) is 0 Å². The Hall–Kier alpha value is -5.71. The number of hydrogen-bond donors (Lipinski definition) is 0. The zero-order chi connectivity index (χ0) is 29.7. The standard InChI is InChI=1S/C41H27N3S/c1-3-11-28(12-4-1)29-20-22-31(23-21-29)43(37-17-9-18-38-40(37)41-39(45-38)19-10-26-42-41)32-24-25-36-34(27-32)33-15-7-8-16-35(33)44(36)30-13-5-2-6-14-30/h1-27H. The lowest BCUT2D eigenvalue weighted by atomic mass is 10.0. The van der Waals surface area contributed by atoms with E-state index in [0.29, 0.717) is 0 Å². The van der Waals surface area contributed by atoms with Crippen molar-refractivity contribution in [2.24, 2.45) is 0 Å². The quantitative estimate of drug-likeness (QED) is 0.198. The van der Waals surface area contributed by atoms with Crippen molar-refractivity contribution >= 4 is 70.5 Å².